The molecule has 0 aromatic heterocycles. The van der Waals surface area contributed by atoms with E-state index in [0.29, 0.717) is 13.0 Å². The van der Waals surface area contributed by atoms with Crippen LogP contribution in [-0.4, -0.2) is 54.3 Å². The molecule has 26 heavy (non-hydrogen) atoms. The van der Waals surface area contributed by atoms with Gasteiger partial charge in [0.2, 0.25) is 11.8 Å². The summed E-state index contributed by atoms with van der Waals surface area (Å²) in [7, 11) is 2.08. The van der Waals surface area contributed by atoms with Gasteiger partial charge in [0.1, 0.15) is 6.04 Å². The molecule has 2 rings (SSSR count). The van der Waals surface area contributed by atoms with Crippen molar-refractivity contribution in [2.24, 2.45) is 0 Å². The second-order valence-electron chi connectivity index (χ2n) is 7.38. The van der Waals surface area contributed by atoms with Crippen LogP contribution in [-0.2, 0) is 9.59 Å². The molecule has 1 aliphatic rings. The van der Waals surface area contributed by atoms with Crippen molar-refractivity contribution in [1.29, 1.82) is 0 Å². The number of nitrogens with one attached hydrogen (secondary N) is 1. The number of amides is 2. The second kappa shape index (κ2) is 10.3. The van der Waals surface area contributed by atoms with Crippen LogP contribution in [0.5, 0.6) is 0 Å². The summed E-state index contributed by atoms with van der Waals surface area (Å²) in [5, 5.41) is 3.13. The molecule has 1 aromatic rings. The highest BCUT2D eigenvalue weighted by atomic mass is 16.2. The minimum atomic E-state index is -0.535. The van der Waals surface area contributed by atoms with Crippen LogP contribution in [0.4, 0.5) is 0 Å². The van der Waals surface area contributed by atoms with Gasteiger partial charge in [-0.3, -0.25) is 9.59 Å². The number of carbonyl (C=O) groups is 2. The summed E-state index contributed by atoms with van der Waals surface area (Å²) in [5.74, 6) is -0.00388. The second-order valence-corrected chi connectivity index (χ2v) is 7.38. The van der Waals surface area contributed by atoms with E-state index in [1.807, 2.05) is 37.3 Å². The first-order valence-corrected chi connectivity index (χ1v) is 9.86. The maximum absolute atomic E-state index is 13.1. The Balaban J connectivity index is 2.07. The topological polar surface area (TPSA) is 52.7 Å². The molecule has 1 N–H and O–H groups in total. The molecule has 2 amide bonds. The molecule has 1 fully saturated rings. The van der Waals surface area contributed by atoms with Crippen LogP contribution in [0.1, 0.15) is 57.6 Å². The fourth-order valence-electron chi connectivity index (χ4n) is 3.56. The lowest BCUT2D eigenvalue weighted by Crippen LogP contribution is -2.49. The average Bonchev–Trinajstić information content (AvgIpc) is 2.62. The molecular formula is C21H33N3O2. The van der Waals surface area contributed by atoms with Crippen LogP contribution >= 0.6 is 0 Å². The Morgan fingerprint density at radius 2 is 2.00 bits per heavy atom. The molecule has 2 atom stereocenters. The lowest BCUT2D eigenvalue weighted by Gasteiger charge is -2.35. The maximum atomic E-state index is 13.1. The van der Waals surface area contributed by atoms with Crippen LogP contribution in [0.25, 0.3) is 0 Å². The van der Waals surface area contributed by atoms with E-state index >= 15 is 0 Å². The third-order valence-electron chi connectivity index (χ3n) is 4.90. The van der Waals surface area contributed by atoms with E-state index in [1.165, 1.54) is 0 Å². The Kier molecular flexibility index (Phi) is 8.10. The molecule has 1 saturated heterocycles. The van der Waals surface area contributed by atoms with E-state index in [1.54, 1.807) is 4.90 Å². The zero-order valence-electron chi connectivity index (χ0n) is 16.4. The zero-order chi connectivity index (χ0) is 18.9. The Labute approximate surface area is 157 Å². The van der Waals surface area contributed by atoms with Crippen LogP contribution in [0.3, 0.4) is 0 Å². The Bertz CT molecular complexity index is 576. The molecule has 144 valence electrons. The highest BCUT2D eigenvalue weighted by molar-refractivity contribution is 5.89. The van der Waals surface area contributed by atoms with E-state index in [9.17, 15) is 9.59 Å². The quantitative estimate of drug-likeness (QED) is 0.737. The minimum Gasteiger partial charge on any atom is -0.350 e. The van der Waals surface area contributed by atoms with Gasteiger partial charge in [-0.15, -0.1) is 0 Å². The Morgan fingerprint density at radius 3 is 2.65 bits per heavy atom. The summed E-state index contributed by atoms with van der Waals surface area (Å²) < 4.78 is 0. The minimum absolute atomic E-state index is 0.0375. The highest BCUT2D eigenvalue weighted by Crippen LogP contribution is 2.25. The number of benzene rings is 1. The number of hydrogen-bond donors (Lipinski definition) is 1. The average molecular weight is 360 g/mol. The van der Waals surface area contributed by atoms with Crippen molar-refractivity contribution in [2.45, 2.75) is 58.0 Å². The predicted octanol–water partition coefficient (Wildman–Crippen LogP) is 2.98. The standard InChI is InChI=1S/C21H33N3O2/c1-4-5-14-23(3)16-17(2)22-21(26)20(18-11-7-6-8-12-18)24-15-10-9-13-19(24)25/h6-8,11-12,17,20H,4-5,9-10,13-16H2,1-3H3,(H,22,26)/t17-,20+/m0/s1. The third kappa shape index (κ3) is 5.84. The van der Waals surface area contributed by atoms with Crippen molar-refractivity contribution >= 4 is 11.8 Å². The van der Waals surface area contributed by atoms with Gasteiger partial charge in [0, 0.05) is 25.6 Å². The van der Waals surface area contributed by atoms with Crippen molar-refractivity contribution in [3.63, 3.8) is 0 Å². The normalized spacial score (nSPS) is 17.2. The zero-order valence-corrected chi connectivity index (χ0v) is 16.4. The molecule has 1 aliphatic heterocycles. The Hall–Kier alpha value is -1.88. The van der Waals surface area contributed by atoms with Gasteiger partial charge in [-0.2, -0.15) is 0 Å². The van der Waals surface area contributed by atoms with Gasteiger partial charge in [0.05, 0.1) is 0 Å². The predicted molar refractivity (Wildman–Crippen MR) is 105 cm³/mol. The summed E-state index contributed by atoms with van der Waals surface area (Å²) in [6.45, 7) is 6.70. The van der Waals surface area contributed by atoms with Gasteiger partial charge in [-0.05, 0) is 45.3 Å². The van der Waals surface area contributed by atoms with Gasteiger partial charge in [0.25, 0.3) is 0 Å². The van der Waals surface area contributed by atoms with Crippen molar-refractivity contribution in [3.05, 3.63) is 35.9 Å². The summed E-state index contributed by atoms with van der Waals surface area (Å²) in [5.41, 5.74) is 0.881. The molecule has 0 bridgehead atoms. The Morgan fingerprint density at radius 1 is 1.27 bits per heavy atom. The first kappa shape index (κ1) is 20.4. The first-order chi connectivity index (χ1) is 12.5. The first-order valence-electron chi connectivity index (χ1n) is 9.86. The number of unbranched alkanes of at least 4 members (excludes halogenated alkanes) is 1. The monoisotopic (exact) mass is 359 g/mol. The molecule has 5 heteroatoms. The molecule has 0 radical (unpaired) electrons. The van der Waals surface area contributed by atoms with Crippen molar-refractivity contribution < 1.29 is 9.59 Å². The number of nitrogens with zero attached hydrogens (tertiary/aromatic N) is 2. The molecule has 5 nitrogen and oxygen atoms in total. The fraction of sp³-hybridized carbons (Fsp3) is 0.619. The molecule has 0 aliphatic carbocycles. The van der Waals surface area contributed by atoms with Gasteiger partial charge in [-0.1, -0.05) is 43.7 Å². The smallest absolute Gasteiger partial charge is 0.247 e. The van der Waals surface area contributed by atoms with Gasteiger partial charge < -0.3 is 15.1 Å². The maximum Gasteiger partial charge on any atom is 0.247 e. The molecule has 0 unspecified atom stereocenters. The van der Waals surface area contributed by atoms with Gasteiger partial charge >= 0.3 is 0 Å². The van der Waals surface area contributed by atoms with Gasteiger partial charge in [0.15, 0.2) is 0 Å². The molecular weight excluding hydrogens is 326 g/mol. The van der Waals surface area contributed by atoms with Crippen LogP contribution in [0.2, 0.25) is 0 Å². The fourth-order valence-corrected chi connectivity index (χ4v) is 3.56. The summed E-state index contributed by atoms with van der Waals surface area (Å²) >= 11 is 0. The van der Waals surface area contributed by atoms with E-state index in [4.69, 9.17) is 0 Å². The number of hydrogen-bond acceptors (Lipinski definition) is 3. The molecule has 1 heterocycles. The third-order valence-corrected chi connectivity index (χ3v) is 4.90. The number of carbonyl (C=O) groups excluding carboxylic acids is 2. The van der Waals surface area contributed by atoms with E-state index < -0.39 is 6.04 Å². The van der Waals surface area contributed by atoms with Gasteiger partial charge in [-0.25, -0.2) is 0 Å². The van der Waals surface area contributed by atoms with Crippen LogP contribution in [0, 0.1) is 0 Å². The van der Waals surface area contributed by atoms with Crippen molar-refractivity contribution in [3.8, 4) is 0 Å². The number of likely N-dealkylation sites (tertiary alicyclic amines) is 1. The van der Waals surface area contributed by atoms with E-state index in [2.05, 4.69) is 24.2 Å². The summed E-state index contributed by atoms with van der Waals surface area (Å²) in [6, 6.07) is 9.15. The molecule has 0 spiro atoms. The summed E-state index contributed by atoms with van der Waals surface area (Å²) in [6.07, 6.45) is 4.73. The number of rotatable bonds is 9. The molecule has 1 aromatic carbocycles. The SMILES string of the molecule is CCCCN(C)C[C@H](C)NC(=O)[C@@H](c1ccccc1)N1CCCCC1=O. The number of piperidine rings is 1. The van der Waals surface area contributed by atoms with E-state index in [0.717, 1.165) is 44.3 Å². The number of likely N-dealkylation sites (N-methyl/N-ethyl adjacent to an activating group) is 1. The molecule has 0 saturated carbocycles. The van der Waals surface area contributed by atoms with Crippen LogP contribution < -0.4 is 5.32 Å². The summed E-state index contributed by atoms with van der Waals surface area (Å²) in [4.78, 5) is 29.5. The highest BCUT2D eigenvalue weighted by Gasteiger charge is 2.33. The van der Waals surface area contributed by atoms with E-state index in [-0.39, 0.29) is 17.9 Å². The van der Waals surface area contributed by atoms with Crippen molar-refractivity contribution in [2.75, 3.05) is 26.7 Å². The van der Waals surface area contributed by atoms with Crippen LogP contribution in [0.15, 0.2) is 30.3 Å². The lowest BCUT2D eigenvalue weighted by molar-refractivity contribution is -0.143. The van der Waals surface area contributed by atoms with Crippen molar-refractivity contribution in [1.82, 2.24) is 15.1 Å². The largest absolute Gasteiger partial charge is 0.350 e. The lowest BCUT2D eigenvalue weighted by atomic mass is 10.00.